The normalized spacial score (nSPS) is 27.0. The largest absolute Gasteiger partial charge is 0.336 e. The molecule has 0 spiro atoms. The number of nitrogens with zero attached hydrogens (tertiary/aromatic N) is 2. The average molecular weight is 411 g/mol. The minimum atomic E-state index is -3.38. The lowest BCUT2D eigenvalue weighted by Gasteiger charge is -2.36. The fourth-order valence-electron chi connectivity index (χ4n) is 4.47. The Morgan fingerprint density at radius 3 is 2.26 bits per heavy atom. The molecule has 4 rings (SSSR count). The molecule has 1 aromatic rings. The molecule has 0 radical (unpaired) electrons. The van der Waals surface area contributed by atoms with Crippen molar-refractivity contribution in [3.05, 3.63) is 17.0 Å². The summed E-state index contributed by atoms with van der Waals surface area (Å²) in [5, 5.41) is 0. The Morgan fingerprint density at radius 1 is 1.07 bits per heavy atom. The van der Waals surface area contributed by atoms with Gasteiger partial charge in [-0.3, -0.25) is 4.79 Å². The van der Waals surface area contributed by atoms with Crippen LogP contribution in [0.3, 0.4) is 0 Å². The van der Waals surface area contributed by atoms with Gasteiger partial charge in [0.25, 0.3) is 10.0 Å². The summed E-state index contributed by atoms with van der Waals surface area (Å²) >= 11 is 1.27. The highest BCUT2D eigenvalue weighted by Gasteiger charge is 2.38. The van der Waals surface area contributed by atoms with Gasteiger partial charge >= 0.3 is 0 Å². The van der Waals surface area contributed by atoms with Crippen LogP contribution in [0.2, 0.25) is 0 Å². The maximum Gasteiger partial charge on any atom is 0.252 e. The first kappa shape index (κ1) is 19.4. The minimum absolute atomic E-state index is 0.184. The Kier molecular flexibility index (Phi) is 5.63. The van der Waals surface area contributed by atoms with E-state index in [4.69, 9.17) is 0 Å². The first-order valence-electron chi connectivity index (χ1n) is 10.3. The molecule has 1 aromatic heterocycles. The van der Waals surface area contributed by atoms with Crippen LogP contribution in [-0.4, -0.2) is 48.7 Å². The van der Waals surface area contributed by atoms with Crippen LogP contribution in [0.1, 0.15) is 63.2 Å². The van der Waals surface area contributed by atoms with Gasteiger partial charge in [-0.2, -0.15) is 4.31 Å². The Morgan fingerprint density at radius 2 is 1.67 bits per heavy atom. The topological polar surface area (TPSA) is 57.7 Å². The zero-order valence-corrected chi connectivity index (χ0v) is 17.7. The quantitative estimate of drug-likeness (QED) is 0.719. The number of carbonyl (C=O) groups is 1. The third kappa shape index (κ3) is 4.25. The van der Waals surface area contributed by atoms with Gasteiger partial charge in [-0.25, -0.2) is 8.42 Å². The van der Waals surface area contributed by atoms with E-state index in [1.165, 1.54) is 24.2 Å². The van der Waals surface area contributed by atoms with Crippen LogP contribution in [0.25, 0.3) is 0 Å². The molecule has 1 aliphatic heterocycles. The van der Waals surface area contributed by atoms with Crippen LogP contribution in [-0.2, 0) is 21.2 Å². The van der Waals surface area contributed by atoms with Crippen molar-refractivity contribution in [2.75, 3.05) is 13.1 Å². The average Bonchev–Trinajstić information content (AvgIpc) is 3.12. The maximum absolute atomic E-state index is 13.1. The van der Waals surface area contributed by atoms with E-state index in [1.807, 2.05) is 6.07 Å². The summed E-state index contributed by atoms with van der Waals surface area (Å²) in [5.41, 5.74) is 0. The molecule has 0 aromatic carbocycles. The van der Waals surface area contributed by atoms with Crippen LogP contribution in [0.4, 0.5) is 0 Å². The summed E-state index contributed by atoms with van der Waals surface area (Å²) in [6.45, 7) is 3.53. The second-order valence-corrected chi connectivity index (χ2v) is 11.8. The smallest absolute Gasteiger partial charge is 0.252 e. The van der Waals surface area contributed by atoms with E-state index in [0.29, 0.717) is 35.8 Å². The number of carbonyl (C=O) groups excluding carboxylic acids is 1. The molecule has 0 bridgehead atoms. The van der Waals surface area contributed by atoms with Crippen molar-refractivity contribution in [3.63, 3.8) is 0 Å². The number of sulfonamides is 1. The third-order valence-electron chi connectivity index (χ3n) is 6.23. The Bertz CT molecular complexity index is 771. The Hall–Kier alpha value is -0.920. The van der Waals surface area contributed by atoms with Gasteiger partial charge in [0, 0.05) is 30.1 Å². The lowest BCUT2D eigenvalue weighted by Crippen LogP contribution is -2.44. The second kappa shape index (κ2) is 7.84. The first-order chi connectivity index (χ1) is 12.9. The van der Waals surface area contributed by atoms with E-state index in [2.05, 4.69) is 11.8 Å². The molecule has 2 heterocycles. The summed E-state index contributed by atoms with van der Waals surface area (Å²) in [7, 11) is -3.38. The van der Waals surface area contributed by atoms with Crippen molar-refractivity contribution < 1.29 is 13.2 Å². The van der Waals surface area contributed by atoms with E-state index in [1.54, 1.807) is 10.4 Å². The van der Waals surface area contributed by atoms with Crippen molar-refractivity contribution in [1.29, 1.82) is 0 Å². The van der Waals surface area contributed by atoms with E-state index < -0.39 is 10.0 Å². The van der Waals surface area contributed by atoms with E-state index in [9.17, 15) is 13.2 Å². The minimum Gasteiger partial charge on any atom is -0.336 e. The van der Waals surface area contributed by atoms with Crippen molar-refractivity contribution in [1.82, 2.24) is 9.21 Å². The molecule has 7 heteroatoms. The standard InChI is InChI=1S/C20H30N2O3S2/c1-15-4-6-16(7-5-15)22(17-8-9-17)19(23)14-18-10-11-20(26-18)27(24,25)21-12-2-3-13-21/h10-11,15-17H,2-9,12-14H2,1H3. The summed E-state index contributed by atoms with van der Waals surface area (Å²) in [6.07, 6.45) is 9.09. The van der Waals surface area contributed by atoms with Gasteiger partial charge in [-0.1, -0.05) is 6.92 Å². The van der Waals surface area contributed by atoms with Gasteiger partial charge in [-0.05, 0) is 69.4 Å². The highest BCUT2D eigenvalue weighted by Crippen LogP contribution is 2.36. The van der Waals surface area contributed by atoms with Gasteiger partial charge < -0.3 is 4.90 Å². The van der Waals surface area contributed by atoms with Crippen LogP contribution < -0.4 is 0 Å². The highest BCUT2D eigenvalue weighted by atomic mass is 32.2. The molecule has 0 unspecified atom stereocenters. The van der Waals surface area contributed by atoms with Gasteiger partial charge in [0.1, 0.15) is 4.21 Å². The van der Waals surface area contributed by atoms with Crippen molar-refractivity contribution in [3.8, 4) is 0 Å². The van der Waals surface area contributed by atoms with Gasteiger partial charge in [-0.15, -0.1) is 11.3 Å². The first-order valence-corrected chi connectivity index (χ1v) is 12.6. The number of amides is 1. The molecule has 3 fully saturated rings. The zero-order valence-electron chi connectivity index (χ0n) is 16.1. The Labute approximate surface area is 166 Å². The highest BCUT2D eigenvalue weighted by molar-refractivity contribution is 7.91. The van der Waals surface area contributed by atoms with E-state index in [-0.39, 0.29) is 5.91 Å². The molecule has 150 valence electrons. The van der Waals surface area contributed by atoms with Gasteiger partial charge in [0.05, 0.1) is 6.42 Å². The fourth-order valence-corrected chi connectivity index (χ4v) is 7.48. The monoisotopic (exact) mass is 410 g/mol. The van der Waals surface area contributed by atoms with Crippen LogP contribution in [0.5, 0.6) is 0 Å². The summed E-state index contributed by atoms with van der Waals surface area (Å²) < 4.78 is 27.4. The zero-order chi connectivity index (χ0) is 19.0. The molecular formula is C20H30N2O3S2. The molecule has 0 atom stereocenters. The van der Waals surface area contributed by atoms with Crippen molar-refractivity contribution in [2.24, 2.45) is 5.92 Å². The summed E-state index contributed by atoms with van der Waals surface area (Å²) in [6, 6.07) is 4.32. The van der Waals surface area contributed by atoms with Gasteiger partial charge in [0.15, 0.2) is 0 Å². The molecule has 1 amide bonds. The van der Waals surface area contributed by atoms with Crippen LogP contribution in [0.15, 0.2) is 16.3 Å². The number of hydrogen-bond acceptors (Lipinski definition) is 4. The summed E-state index contributed by atoms with van der Waals surface area (Å²) in [4.78, 5) is 16.1. The molecule has 2 aliphatic carbocycles. The molecule has 1 saturated heterocycles. The number of hydrogen-bond donors (Lipinski definition) is 0. The fraction of sp³-hybridized carbons (Fsp3) is 0.750. The van der Waals surface area contributed by atoms with Crippen LogP contribution in [0, 0.1) is 5.92 Å². The SMILES string of the molecule is CC1CCC(N(C(=O)Cc2ccc(S(=O)(=O)N3CCCC3)s2)C2CC2)CC1. The second-order valence-electron chi connectivity index (χ2n) is 8.45. The number of rotatable bonds is 6. The van der Waals surface area contributed by atoms with Crippen molar-refractivity contribution >= 4 is 27.3 Å². The third-order valence-corrected chi connectivity index (χ3v) is 9.68. The lowest BCUT2D eigenvalue weighted by atomic mass is 9.86. The molecular weight excluding hydrogens is 380 g/mol. The number of thiophene rings is 1. The van der Waals surface area contributed by atoms with E-state index in [0.717, 1.165) is 49.3 Å². The molecule has 27 heavy (non-hydrogen) atoms. The molecule has 0 N–H and O–H groups in total. The summed E-state index contributed by atoms with van der Waals surface area (Å²) in [5.74, 6) is 0.956. The van der Waals surface area contributed by atoms with Crippen LogP contribution >= 0.6 is 11.3 Å². The predicted molar refractivity (Wildman–Crippen MR) is 107 cm³/mol. The van der Waals surface area contributed by atoms with E-state index >= 15 is 0 Å². The Balaban J connectivity index is 1.43. The van der Waals surface area contributed by atoms with Crippen molar-refractivity contribution in [2.45, 2.75) is 81.0 Å². The predicted octanol–water partition coefficient (Wildman–Crippen LogP) is 3.64. The molecule has 2 saturated carbocycles. The lowest BCUT2D eigenvalue weighted by molar-refractivity contribution is -0.134. The molecule has 5 nitrogen and oxygen atoms in total. The van der Waals surface area contributed by atoms with Gasteiger partial charge in [0.2, 0.25) is 5.91 Å². The maximum atomic E-state index is 13.1. The molecule has 3 aliphatic rings.